The molecule has 0 saturated carbocycles. The normalized spacial score (nSPS) is 25.8. The van der Waals surface area contributed by atoms with Gasteiger partial charge in [0, 0.05) is 19.0 Å². The first-order valence-corrected chi connectivity index (χ1v) is 8.81. The minimum atomic E-state index is 0. The second-order valence-corrected chi connectivity index (χ2v) is 6.52. The number of halogens is 1. The number of aliphatic imine (C=N–C) groups is 1. The lowest BCUT2D eigenvalue weighted by molar-refractivity contribution is 0.0992. The lowest BCUT2D eigenvalue weighted by Gasteiger charge is -2.22. The predicted molar refractivity (Wildman–Crippen MR) is 105 cm³/mol. The molecule has 2 saturated heterocycles. The summed E-state index contributed by atoms with van der Waals surface area (Å²) in [6.45, 7) is 4.96. The van der Waals surface area contributed by atoms with Gasteiger partial charge < -0.3 is 19.9 Å². The van der Waals surface area contributed by atoms with Gasteiger partial charge in [0.25, 0.3) is 0 Å². The quantitative estimate of drug-likeness (QED) is 0.398. The van der Waals surface area contributed by atoms with E-state index in [1.165, 1.54) is 6.42 Å². The average molecular weight is 448 g/mol. The van der Waals surface area contributed by atoms with Gasteiger partial charge in [-0.05, 0) is 32.1 Å². The Hall–Kier alpha value is -0.830. The topological polar surface area (TPSA) is 71.7 Å². The molecule has 0 aliphatic carbocycles. The molecule has 3 atom stereocenters. The molecule has 1 aromatic heterocycles. The fourth-order valence-electron chi connectivity index (χ4n) is 3.64. The van der Waals surface area contributed by atoms with Crippen LogP contribution >= 0.6 is 24.0 Å². The summed E-state index contributed by atoms with van der Waals surface area (Å²) in [5, 5.41) is 11.0. The summed E-state index contributed by atoms with van der Waals surface area (Å²) in [6, 6.07) is 2.42. The molecule has 0 radical (unpaired) electrons. The van der Waals surface area contributed by atoms with E-state index < -0.39 is 0 Å². The lowest BCUT2D eigenvalue weighted by atomic mass is 9.96. The highest BCUT2D eigenvalue weighted by Gasteiger charge is 2.41. The molecule has 6 nitrogen and oxygen atoms in total. The fraction of sp³-hybridized carbons (Fsp3) is 0.765. The van der Waals surface area contributed by atoms with Crippen molar-refractivity contribution in [3.05, 3.63) is 17.5 Å². The molecule has 2 N–H and O–H groups in total. The van der Waals surface area contributed by atoms with Crippen LogP contribution in [0, 0.1) is 0 Å². The van der Waals surface area contributed by atoms with Gasteiger partial charge in [-0.15, -0.1) is 24.0 Å². The van der Waals surface area contributed by atoms with Crippen LogP contribution < -0.4 is 10.6 Å². The van der Waals surface area contributed by atoms with Crippen LogP contribution in [0.5, 0.6) is 0 Å². The largest absolute Gasteiger partial charge is 0.373 e. The minimum absolute atomic E-state index is 0. The van der Waals surface area contributed by atoms with Gasteiger partial charge in [0.05, 0.1) is 30.5 Å². The van der Waals surface area contributed by atoms with Crippen molar-refractivity contribution in [3.8, 4) is 0 Å². The van der Waals surface area contributed by atoms with Crippen LogP contribution in [0.2, 0.25) is 0 Å². The van der Waals surface area contributed by atoms with Crippen LogP contribution in [0.4, 0.5) is 0 Å². The molecule has 136 valence electrons. The number of fused-ring (bicyclic) bond motifs is 2. The number of rotatable bonds is 6. The first-order chi connectivity index (χ1) is 11.2. The SMILES string of the molecule is CCC(CC)c1cc(CNC(=NC)NC2CC3CCC2O3)on1.I. The summed E-state index contributed by atoms with van der Waals surface area (Å²) in [5.74, 6) is 2.13. The molecule has 2 aliphatic rings. The van der Waals surface area contributed by atoms with Crippen molar-refractivity contribution in [1.29, 1.82) is 0 Å². The second-order valence-electron chi connectivity index (χ2n) is 6.52. The Labute approximate surface area is 161 Å². The van der Waals surface area contributed by atoms with Gasteiger partial charge in [-0.2, -0.15) is 0 Å². The Bertz CT molecular complexity index is 544. The molecule has 2 bridgehead atoms. The summed E-state index contributed by atoms with van der Waals surface area (Å²) in [6.07, 6.45) is 6.38. The first kappa shape index (κ1) is 19.5. The summed E-state index contributed by atoms with van der Waals surface area (Å²) >= 11 is 0. The average Bonchev–Trinajstić information content (AvgIpc) is 3.29. The number of ether oxygens (including phenoxy) is 1. The van der Waals surface area contributed by atoms with Crippen LogP contribution in [-0.2, 0) is 11.3 Å². The number of hydrogen-bond donors (Lipinski definition) is 2. The highest BCUT2D eigenvalue weighted by atomic mass is 127. The molecule has 24 heavy (non-hydrogen) atoms. The highest BCUT2D eigenvalue weighted by Crippen LogP contribution is 2.34. The zero-order valence-corrected chi connectivity index (χ0v) is 17.1. The molecule has 3 unspecified atom stereocenters. The third-order valence-corrected chi connectivity index (χ3v) is 5.06. The fourth-order valence-corrected chi connectivity index (χ4v) is 3.64. The molecule has 2 fully saturated rings. The molecule has 0 spiro atoms. The van der Waals surface area contributed by atoms with E-state index in [4.69, 9.17) is 9.26 Å². The van der Waals surface area contributed by atoms with Crippen molar-refractivity contribution >= 4 is 29.9 Å². The van der Waals surface area contributed by atoms with Crippen LogP contribution in [-0.4, -0.2) is 36.4 Å². The monoisotopic (exact) mass is 448 g/mol. The lowest BCUT2D eigenvalue weighted by Crippen LogP contribution is -2.47. The van der Waals surface area contributed by atoms with E-state index in [9.17, 15) is 0 Å². The van der Waals surface area contributed by atoms with E-state index in [0.29, 0.717) is 30.7 Å². The maximum Gasteiger partial charge on any atom is 0.191 e. The molecule has 1 aromatic rings. The van der Waals surface area contributed by atoms with Gasteiger partial charge in [-0.1, -0.05) is 19.0 Å². The zero-order chi connectivity index (χ0) is 16.2. The number of guanidine groups is 1. The van der Waals surface area contributed by atoms with E-state index in [-0.39, 0.29) is 24.0 Å². The maximum absolute atomic E-state index is 5.87. The second kappa shape index (κ2) is 9.03. The van der Waals surface area contributed by atoms with E-state index in [1.807, 2.05) is 0 Å². The Morgan fingerprint density at radius 2 is 2.17 bits per heavy atom. The Kier molecular flexibility index (Phi) is 7.34. The number of aromatic nitrogens is 1. The molecular weight excluding hydrogens is 419 g/mol. The van der Waals surface area contributed by atoms with E-state index in [2.05, 4.69) is 40.7 Å². The maximum atomic E-state index is 5.87. The van der Waals surface area contributed by atoms with Gasteiger partial charge in [0.2, 0.25) is 0 Å². The number of nitrogens with one attached hydrogen (secondary N) is 2. The highest BCUT2D eigenvalue weighted by molar-refractivity contribution is 14.0. The van der Waals surface area contributed by atoms with Crippen LogP contribution in [0.3, 0.4) is 0 Å². The summed E-state index contributed by atoms with van der Waals surface area (Å²) in [5.41, 5.74) is 1.05. The standard InChI is InChI=1S/C17H28N4O2.HI/c1-4-11(5-2)14-9-13(23-21-14)10-19-17(18-3)20-15-8-12-6-7-16(15)22-12;/h9,11-12,15-16H,4-8,10H2,1-3H3,(H2,18,19,20);1H. The van der Waals surface area contributed by atoms with Crippen molar-refractivity contribution in [2.75, 3.05) is 7.05 Å². The van der Waals surface area contributed by atoms with E-state index >= 15 is 0 Å². The molecular formula is C17H29IN4O2. The molecule has 0 aromatic carbocycles. The molecule has 3 heterocycles. The van der Waals surface area contributed by atoms with Crippen molar-refractivity contribution in [3.63, 3.8) is 0 Å². The summed E-state index contributed by atoms with van der Waals surface area (Å²) in [4.78, 5) is 4.30. The van der Waals surface area contributed by atoms with Crippen molar-refractivity contribution in [2.45, 2.75) is 76.7 Å². The van der Waals surface area contributed by atoms with Crippen molar-refractivity contribution in [2.24, 2.45) is 4.99 Å². The van der Waals surface area contributed by atoms with E-state index in [0.717, 1.165) is 43.1 Å². The molecule has 3 rings (SSSR count). The summed E-state index contributed by atoms with van der Waals surface area (Å²) < 4.78 is 11.3. The molecule has 7 heteroatoms. The molecule has 0 amide bonds. The van der Waals surface area contributed by atoms with Crippen LogP contribution in [0.1, 0.15) is 63.3 Å². The third-order valence-electron chi connectivity index (χ3n) is 5.06. The van der Waals surface area contributed by atoms with Gasteiger partial charge in [-0.25, -0.2) is 0 Å². The molecule has 2 aliphatic heterocycles. The number of hydrogen-bond acceptors (Lipinski definition) is 4. The van der Waals surface area contributed by atoms with Crippen molar-refractivity contribution in [1.82, 2.24) is 15.8 Å². The van der Waals surface area contributed by atoms with Gasteiger partial charge in [0.15, 0.2) is 11.7 Å². The van der Waals surface area contributed by atoms with Gasteiger partial charge >= 0.3 is 0 Å². The van der Waals surface area contributed by atoms with Crippen molar-refractivity contribution < 1.29 is 9.26 Å². The van der Waals surface area contributed by atoms with Gasteiger partial charge in [0.1, 0.15) is 0 Å². The van der Waals surface area contributed by atoms with Gasteiger partial charge in [-0.3, -0.25) is 4.99 Å². The zero-order valence-electron chi connectivity index (χ0n) is 14.7. The summed E-state index contributed by atoms with van der Waals surface area (Å²) in [7, 11) is 1.79. The van der Waals surface area contributed by atoms with E-state index in [1.54, 1.807) is 7.05 Å². The minimum Gasteiger partial charge on any atom is -0.373 e. The number of nitrogens with zero attached hydrogens (tertiary/aromatic N) is 2. The Balaban J connectivity index is 0.00000208. The Morgan fingerprint density at radius 3 is 2.75 bits per heavy atom. The smallest absolute Gasteiger partial charge is 0.191 e. The Morgan fingerprint density at radius 1 is 1.38 bits per heavy atom. The third kappa shape index (κ3) is 4.41. The first-order valence-electron chi connectivity index (χ1n) is 8.81. The van der Waals surface area contributed by atoms with Crippen LogP contribution in [0.15, 0.2) is 15.6 Å². The van der Waals surface area contributed by atoms with Crippen LogP contribution in [0.25, 0.3) is 0 Å². The predicted octanol–water partition coefficient (Wildman–Crippen LogP) is 3.18.